The van der Waals surface area contributed by atoms with Crippen LogP contribution in [0.3, 0.4) is 0 Å². The Kier molecular flexibility index (Phi) is 36.6. The third kappa shape index (κ3) is 31.3. The first kappa shape index (κ1) is 30.2. The molecule has 0 bridgehead atoms. The van der Waals surface area contributed by atoms with Crippen LogP contribution in [0.1, 0.15) is 13.8 Å². The van der Waals surface area contributed by atoms with Crippen molar-refractivity contribution in [3.8, 4) is 0 Å². The van der Waals surface area contributed by atoms with Gasteiger partial charge in [-0.25, -0.2) is 9.59 Å². The Morgan fingerprint density at radius 3 is 0.867 bits per heavy atom. The van der Waals surface area contributed by atoms with E-state index in [4.69, 9.17) is 20.4 Å². The van der Waals surface area contributed by atoms with Crippen molar-refractivity contribution in [3.05, 3.63) is 0 Å². The quantitative estimate of drug-likeness (QED) is 0.388. The Balaban J connectivity index is -0.0000000370. The molecule has 0 radical (unpaired) electrons. The number of aliphatic hydroxyl groups is 2. The SMILES string of the molecule is CC(O)C(=O)O.CC(O)C(=O)O.[NaH].[NaH].[NaH]. The molecule has 0 saturated heterocycles. The molecule has 9 heteroatoms. The Bertz CT molecular complexity index is 143. The fourth-order valence-electron chi connectivity index (χ4n) is 0. The van der Waals surface area contributed by atoms with Crippen molar-refractivity contribution >= 4 is 101 Å². The molecule has 0 aromatic carbocycles. The molecule has 78 valence electrons. The van der Waals surface area contributed by atoms with E-state index in [1.54, 1.807) is 0 Å². The van der Waals surface area contributed by atoms with E-state index in [9.17, 15) is 9.59 Å². The van der Waals surface area contributed by atoms with Crippen LogP contribution in [0.25, 0.3) is 0 Å². The minimum atomic E-state index is -1.23. The predicted octanol–water partition coefficient (Wildman–Crippen LogP) is -3.04. The van der Waals surface area contributed by atoms with Crippen molar-refractivity contribution in [3.63, 3.8) is 0 Å². The first-order valence-electron chi connectivity index (χ1n) is 3.10. The summed E-state index contributed by atoms with van der Waals surface area (Å²) in [5.41, 5.74) is 0. The van der Waals surface area contributed by atoms with Crippen molar-refractivity contribution in [1.29, 1.82) is 0 Å². The standard InChI is InChI=1S/2C3H6O3.3Na.3H/c2*1-2(4)3(5)6;;;;;;/h2*2,4H,1H3,(H,5,6);;;;;;. The zero-order chi connectivity index (χ0) is 10.3. The average Bonchev–Trinajstić information content (AvgIpc) is 1.88. The molecule has 0 aromatic heterocycles. The fourth-order valence-corrected chi connectivity index (χ4v) is 0. The van der Waals surface area contributed by atoms with Crippen LogP contribution in [0.4, 0.5) is 0 Å². The number of aliphatic hydroxyl groups excluding tert-OH is 2. The molecule has 0 spiro atoms. The van der Waals surface area contributed by atoms with Gasteiger partial charge in [-0.05, 0) is 13.8 Å². The molecule has 0 saturated carbocycles. The van der Waals surface area contributed by atoms with Gasteiger partial charge in [0.25, 0.3) is 0 Å². The van der Waals surface area contributed by atoms with Gasteiger partial charge in [0.05, 0.1) is 0 Å². The summed E-state index contributed by atoms with van der Waals surface area (Å²) >= 11 is 0. The molecule has 2 atom stereocenters. The van der Waals surface area contributed by atoms with E-state index in [-0.39, 0.29) is 88.7 Å². The van der Waals surface area contributed by atoms with Gasteiger partial charge in [0.15, 0.2) is 0 Å². The molecular formula is C6H15Na3O6. The molecule has 6 nitrogen and oxygen atoms in total. The summed E-state index contributed by atoms with van der Waals surface area (Å²) in [4.78, 5) is 18.9. The van der Waals surface area contributed by atoms with Gasteiger partial charge in [0, 0.05) is 0 Å². The van der Waals surface area contributed by atoms with E-state index in [2.05, 4.69) is 0 Å². The van der Waals surface area contributed by atoms with Crippen LogP contribution < -0.4 is 0 Å². The number of hydrogen-bond acceptors (Lipinski definition) is 4. The number of hydrogen-bond donors (Lipinski definition) is 4. The van der Waals surface area contributed by atoms with Gasteiger partial charge >= 0.3 is 101 Å². The molecule has 0 fully saturated rings. The topological polar surface area (TPSA) is 115 Å². The van der Waals surface area contributed by atoms with E-state index in [1.807, 2.05) is 0 Å². The Morgan fingerprint density at radius 1 is 0.800 bits per heavy atom. The number of aliphatic carboxylic acids is 2. The van der Waals surface area contributed by atoms with Crippen LogP contribution in [0.15, 0.2) is 0 Å². The summed E-state index contributed by atoms with van der Waals surface area (Å²) in [5, 5.41) is 31.5. The van der Waals surface area contributed by atoms with E-state index in [0.29, 0.717) is 0 Å². The van der Waals surface area contributed by atoms with Gasteiger partial charge in [-0.15, -0.1) is 0 Å². The summed E-state index contributed by atoms with van der Waals surface area (Å²) in [6, 6.07) is 0. The predicted molar refractivity (Wildman–Crippen MR) is 60.1 cm³/mol. The van der Waals surface area contributed by atoms with E-state index in [0.717, 1.165) is 0 Å². The molecule has 4 N–H and O–H groups in total. The van der Waals surface area contributed by atoms with Crippen LogP contribution in [-0.2, 0) is 9.59 Å². The van der Waals surface area contributed by atoms with Crippen molar-refractivity contribution in [2.45, 2.75) is 26.1 Å². The second-order valence-electron chi connectivity index (χ2n) is 2.03. The normalized spacial score (nSPS) is 10.9. The molecule has 15 heavy (non-hydrogen) atoms. The third-order valence-corrected chi connectivity index (χ3v) is 0.715. The van der Waals surface area contributed by atoms with Crippen LogP contribution in [-0.4, -0.2) is 133 Å². The second kappa shape index (κ2) is 18.2. The monoisotopic (exact) mass is 252 g/mol. The Hall–Kier alpha value is 1.86. The molecule has 0 aliphatic heterocycles. The first-order valence-corrected chi connectivity index (χ1v) is 3.10. The van der Waals surface area contributed by atoms with Crippen LogP contribution in [0, 0.1) is 0 Å². The second-order valence-corrected chi connectivity index (χ2v) is 2.03. The van der Waals surface area contributed by atoms with Crippen LogP contribution in [0.5, 0.6) is 0 Å². The fraction of sp³-hybridized carbons (Fsp3) is 0.667. The minimum absolute atomic E-state index is 0. The summed E-state index contributed by atoms with van der Waals surface area (Å²) in [6.07, 6.45) is -2.46. The molecule has 0 amide bonds. The van der Waals surface area contributed by atoms with Gasteiger partial charge in [0.2, 0.25) is 0 Å². The zero-order valence-electron chi connectivity index (χ0n) is 6.76. The number of rotatable bonds is 2. The van der Waals surface area contributed by atoms with E-state index >= 15 is 0 Å². The molecule has 0 aliphatic carbocycles. The Morgan fingerprint density at radius 2 is 0.867 bits per heavy atom. The molecule has 0 heterocycles. The maximum absolute atomic E-state index is 9.45. The van der Waals surface area contributed by atoms with Gasteiger partial charge in [-0.3, -0.25) is 0 Å². The number of carboxylic acids is 2. The van der Waals surface area contributed by atoms with Gasteiger partial charge in [-0.2, -0.15) is 0 Å². The molecule has 2 unspecified atom stereocenters. The molecular weight excluding hydrogens is 237 g/mol. The summed E-state index contributed by atoms with van der Waals surface area (Å²) in [5.74, 6) is -2.37. The van der Waals surface area contributed by atoms with Crippen molar-refractivity contribution in [1.82, 2.24) is 0 Å². The van der Waals surface area contributed by atoms with Crippen LogP contribution >= 0.6 is 0 Å². The molecule has 0 rings (SSSR count). The van der Waals surface area contributed by atoms with E-state index < -0.39 is 24.1 Å². The van der Waals surface area contributed by atoms with Gasteiger partial charge < -0.3 is 20.4 Å². The number of carbonyl (C=O) groups is 2. The first-order chi connectivity index (χ1) is 5.29. The molecule has 0 aromatic rings. The van der Waals surface area contributed by atoms with Crippen molar-refractivity contribution < 1.29 is 30.0 Å². The van der Waals surface area contributed by atoms with Crippen LogP contribution in [0.2, 0.25) is 0 Å². The van der Waals surface area contributed by atoms with Gasteiger partial charge in [0.1, 0.15) is 12.2 Å². The van der Waals surface area contributed by atoms with E-state index in [1.165, 1.54) is 13.8 Å². The Labute approximate surface area is 154 Å². The van der Waals surface area contributed by atoms with Gasteiger partial charge in [-0.1, -0.05) is 0 Å². The maximum atomic E-state index is 9.45. The van der Waals surface area contributed by atoms with Crippen molar-refractivity contribution in [2.75, 3.05) is 0 Å². The summed E-state index contributed by atoms with van der Waals surface area (Å²) in [7, 11) is 0. The zero-order valence-corrected chi connectivity index (χ0v) is 6.76. The summed E-state index contributed by atoms with van der Waals surface area (Å²) in [6.45, 7) is 2.39. The molecule has 0 aliphatic rings. The van der Waals surface area contributed by atoms with Crippen molar-refractivity contribution in [2.24, 2.45) is 0 Å². The average molecular weight is 252 g/mol. The summed E-state index contributed by atoms with van der Waals surface area (Å²) < 4.78 is 0. The number of carboxylic acid groups (broad SMARTS) is 2. The third-order valence-electron chi connectivity index (χ3n) is 0.715.